The molecule has 0 radical (unpaired) electrons. The van der Waals surface area contributed by atoms with Crippen molar-refractivity contribution in [3.8, 4) is 0 Å². The maximum atomic E-state index is 12.4. The van der Waals surface area contributed by atoms with Gasteiger partial charge >= 0.3 is 5.97 Å². The molecule has 0 N–H and O–H groups in total. The van der Waals surface area contributed by atoms with Crippen molar-refractivity contribution in [2.24, 2.45) is 0 Å². The maximum absolute atomic E-state index is 12.4. The molecule has 6 nitrogen and oxygen atoms in total. The van der Waals surface area contributed by atoms with E-state index < -0.39 is 5.97 Å². The summed E-state index contributed by atoms with van der Waals surface area (Å²) in [6.07, 6.45) is 0. The van der Waals surface area contributed by atoms with Gasteiger partial charge in [-0.05, 0) is 17.7 Å². The number of nitrogens with zero attached hydrogens (tertiary/aromatic N) is 2. The number of esters is 1. The molecule has 0 bridgehead atoms. The second-order valence-electron chi connectivity index (χ2n) is 5.26. The van der Waals surface area contributed by atoms with Crippen LogP contribution in [-0.2, 0) is 20.9 Å². The Labute approximate surface area is 132 Å². The third-order valence-electron chi connectivity index (χ3n) is 3.87. The van der Waals surface area contributed by atoms with Crippen LogP contribution in [0.4, 0.5) is 0 Å². The van der Waals surface area contributed by atoms with E-state index in [0.717, 1.165) is 5.56 Å². The summed E-state index contributed by atoms with van der Waals surface area (Å²) in [5.41, 5.74) is 1.35. The van der Waals surface area contributed by atoms with E-state index in [4.69, 9.17) is 0 Å². The summed E-state index contributed by atoms with van der Waals surface area (Å²) in [5.74, 6) is 0.885. The van der Waals surface area contributed by atoms with Crippen molar-refractivity contribution < 1.29 is 19.1 Å². The van der Waals surface area contributed by atoms with Crippen LogP contribution in [0.5, 0.6) is 0 Å². The van der Waals surface area contributed by atoms with Gasteiger partial charge in [-0.1, -0.05) is 12.1 Å². The molecule has 0 aromatic heterocycles. The molecule has 0 aliphatic carbocycles. The number of carbonyl (C=O) groups is 3. The van der Waals surface area contributed by atoms with Crippen LogP contribution < -0.4 is 0 Å². The second kappa shape index (κ2) is 6.00. The molecule has 22 heavy (non-hydrogen) atoms. The number of fused-ring (bicyclic) bond motifs is 1. The molecule has 1 aromatic rings. The predicted molar refractivity (Wildman–Crippen MR) is 81.2 cm³/mol. The Hall–Kier alpha value is -2.02. The van der Waals surface area contributed by atoms with Gasteiger partial charge in [0.25, 0.3) is 0 Å². The first kappa shape index (κ1) is 14.9. The Morgan fingerprint density at radius 2 is 2.05 bits per heavy atom. The molecule has 1 atom stereocenters. The number of rotatable bonds is 3. The molecular weight excluding hydrogens is 304 g/mol. The lowest BCUT2D eigenvalue weighted by Gasteiger charge is -2.35. The van der Waals surface area contributed by atoms with Gasteiger partial charge in [-0.3, -0.25) is 9.59 Å². The van der Waals surface area contributed by atoms with Crippen molar-refractivity contribution in [2.75, 3.05) is 25.3 Å². The number of carbonyl (C=O) groups excluding carboxylic acids is 3. The summed E-state index contributed by atoms with van der Waals surface area (Å²) in [6, 6.07) is 6.56. The van der Waals surface area contributed by atoms with Gasteiger partial charge in [-0.25, -0.2) is 4.79 Å². The summed E-state index contributed by atoms with van der Waals surface area (Å²) in [7, 11) is 1.33. The topological polar surface area (TPSA) is 66.9 Å². The fourth-order valence-electron chi connectivity index (χ4n) is 2.65. The molecular formula is C15H16N2O4S. The first-order valence-electron chi connectivity index (χ1n) is 6.93. The van der Waals surface area contributed by atoms with Crippen LogP contribution >= 0.6 is 11.8 Å². The van der Waals surface area contributed by atoms with E-state index in [1.54, 1.807) is 45.8 Å². The van der Waals surface area contributed by atoms with Crippen LogP contribution in [0.15, 0.2) is 24.3 Å². The zero-order valence-corrected chi connectivity index (χ0v) is 13.0. The minimum atomic E-state index is -0.394. The SMILES string of the molecule is COC(=O)c1ccc(CN2CC(=O)N3CSCC3C2=O)cc1. The fraction of sp³-hybridized carbons (Fsp3) is 0.400. The van der Waals surface area contributed by atoms with Crippen LogP contribution in [-0.4, -0.2) is 58.9 Å². The summed E-state index contributed by atoms with van der Waals surface area (Å²) in [5, 5.41) is 0. The van der Waals surface area contributed by atoms with Gasteiger partial charge in [-0.15, -0.1) is 11.8 Å². The maximum Gasteiger partial charge on any atom is 0.337 e. The lowest BCUT2D eigenvalue weighted by molar-refractivity contribution is -0.153. The number of hydrogen-bond acceptors (Lipinski definition) is 5. The number of piperazine rings is 1. The number of benzene rings is 1. The van der Waals surface area contributed by atoms with Crippen molar-refractivity contribution in [3.63, 3.8) is 0 Å². The summed E-state index contributed by atoms with van der Waals surface area (Å²) in [6.45, 7) is 0.496. The highest BCUT2D eigenvalue weighted by atomic mass is 32.2. The van der Waals surface area contributed by atoms with Gasteiger partial charge in [0.15, 0.2) is 0 Å². The third-order valence-corrected chi connectivity index (χ3v) is 4.89. The molecule has 1 unspecified atom stereocenters. The van der Waals surface area contributed by atoms with Gasteiger partial charge < -0.3 is 14.5 Å². The normalized spacial score (nSPS) is 21.0. The van der Waals surface area contributed by atoms with Crippen LogP contribution in [0.25, 0.3) is 0 Å². The van der Waals surface area contributed by atoms with Crippen molar-refractivity contribution in [1.29, 1.82) is 0 Å². The molecule has 2 aliphatic heterocycles. The van der Waals surface area contributed by atoms with E-state index in [9.17, 15) is 14.4 Å². The quantitative estimate of drug-likeness (QED) is 0.768. The predicted octanol–water partition coefficient (Wildman–Crippen LogP) is 0.717. The molecule has 0 spiro atoms. The lowest BCUT2D eigenvalue weighted by atomic mass is 10.1. The minimum Gasteiger partial charge on any atom is -0.465 e. The highest BCUT2D eigenvalue weighted by molar-refractivity contribution is 7.99. The van der Waals surface area contributed by atoms with E-state index in [1.807, 2.05) is 0 Å². The van der Waals surface area contributed by atoms with Gasteiger partial charge in [0, 0.05) is 12.3 Å². The number of ether oxygens (including phenoxy) is 1. The fourth-order valence-corrected chi connectivity index (χ4v) is 3.83. The summed E-state index contributed by atoms with van der Waals surface area (Å²) >= 11 is 1.61. The van der Waals surface area contributed by atoms with Crippen LogP contribution in [0.3, 0.4) is 0 Å². The van der Waals surface area contributed by atoms with Crippen LogP contribution in [0, 0.1) is 0 Å². The third kappa shape index (κ3) is 2.68. The van der Waals surface area contributed by atoms with E-state index >= 15 is 0 Å². The monoisotopic (exact) mass is 320 g/mol. The standard InChI is InChI=1S/C15H16N2O4S/c1-21-15(20)11-4-2-10(3-5-11)6-16-7-13(18)17-9-22-8-12(17)14(16)19/h2-5,12H,6-9H2,1H3. The highest BCUT2D eigenvalue weighted by Crippen LogP contribution is 2.26. The van der Waals surface area contributed by atoms with Gasteiger partial charge in [0.2, 0.25) is 11.8 Å². The average molecular weight is 320 g/mol. The summed E-state index contributed by atoms with van der Waals surface area (Å²) in [4.78, 5) is 39.1. The smallest absolute Gasteiger partial charge is 0.337 e. The van der Waals surface area contributed by atoms with E-state index in [0.29, 0.717) is 23.7 Å². The number of amides is 2. The lowest BCUT2D eigenvalue weighted by Crippen LogP contribution is -2.57. The minimum absolute atomic E-state index is 0.000723. The zero-order valence-electron chi connectivity index (χ0n) is 12.2. The highest BCUT2D eigenvalue weighted by Gasteiger charge is 2.42. The molecule has 2 amide bonds. The Morgan fingerprint density at radius 3 is 2.73 bits per heavy atom. The molecule has 2 saturated heterocycles. The Morgan fingerprint density at radius 1 is 1.32 bits per heavy atom. The van der Waals surface area contributed by atoms with Crippen molar-refractivity contribution in [2.45, 2.75) is 12.6 Å². The summed E-state index contributed by atoms with van der Waals surface area (Å²) < 4.78 is 4.65. The Kier molecular flexibility index (Phi) is 4.06. The molecule has 7 heteroatoms. The van der Waals surface area contributed by atoms with Crippen molar-refractivity contribution >= 4 is 29.5 Å². The van der Waals surface area contributed by atoms with Crippen molar-refractivity contribution in [3.05, 3.63) is 35.4 Å². The number of hydrogen-bond donors (Lipinski definition) is 0. The first-order chi connectivity index (χ1) is 10.6. The van der Waals surface area contributed by atoms with Crippen LogP contribution in [0.2, 0.25) is 0 Å². The number of thioether (sulfide) groups is 1. The molecule has 116 valence electrons. The molecule has 0 saturated carbocycles. The van der Waals surface area contributed by atoms with Crippen LogP contribution in [0.1, 0.15) is 15.9 Å². The van der Waals surface area contributed by atoms with E-state index in [1.165, 1.54) is 7.11 Å². The molecule has 3 rings (SSSR count). The zero-order chi connectivity index (χ0) is 15.7. The molecule has 2 heterocycles. The van der Waals surface area contributed by atoms with Gasteiger partial charge in [0.05, 0.1) is 18.6 Å². The molecule has 2 fully saturated rings. The van der Waals surface area contributed by atoms with E-state index in [-0.39, 0.29) is 24.4 Å². The number of methoxy groups -OCH3 is 1. The van der Waals surface area contributed by atoms with E-state index in [2.05, 4.69) is 4.74 Å². The van der Waals surface area contributed by atoms with Gasteiger partial charge in [-0.2, -0.15) is 0 Å². The first-order valence-corrected chi connectivity index (χ1v) is 8.09. The Balaban J connectivity index is 1.71. The molecule has 2 aliphatic rings. The van der Waals surface area contributed by atoms with Crippen molar-refractivity contribution in [1.82, 2.24) is 9.80 Å². The molecule has 1 aromatic carbocycles. The Bertz CT molecular complexity index is 616. The largest absolute Gasteiger partial charge is 0.465 e. The second-order valence-corrected chi connectivity index (χ2v) is 6.26. The van der Waals surface area contributed by atoms with Gasteiger partial charge in [0.1, 0.15) is 12.6 Å². The average Bonchev–Trinajstić information content (AvgIpc) is 3.03.